The molecule has 18 heavy (non-hydrogen) atoms. The van der Waals surface area contributed by atoms with Gasteiger partial charge < -0.3 is 15.7 Å². The van der Waals surface area contributed by atoms with Crippen molar-refractivity contribution in [2.24, 2.45) is 5.73 Å². The molecule has 4 nitrogen and oxygen atoms in total. The van der Waals surface area contributed by atoms with Gasteiger partial charge in [-0.15, -0.1) is 0 Å². The van der Waals surface area contributed by atoms with Crippen LogP contribution in [0.1, 0.15) is 17.2 Å². The van der Waals surface area contributed by atoms with Crippen LogP contribution >= 0.6 is 0 Å². The minimum absolute atomic E-state index is 0.443. The fourth-order valence-corrected chi connectivity index (χ4v) is 1.48. The number of hydrogen-bond acceptors (Lipinski definition) is 3. The first-order valence-corrected chi connectivity index (χ1v) is 5.01. The standard InChI is InChI=1S/C11H13F3N2O2/c1-16(2)6-3-4-8(11(12,13)14)7(5-6)9(15)10(17)18/h3-5,9H,15H2,1-2H3,(H,17,18). The second kappa shape index (κ2) is 4.85. The molecule has 0 saturated carbocycles. The third kappa shape index (κ3) is 2.92. The molecule has 0 bridgehead atoms. The Hall–Kier alpha value is -1.76. The van der Waals surface area contributed by atoms with E-state index in [1.165, 1.54) is 6.07 Å². The van der Waals surface area contributed by atoms with Crippen LogP contribution in [0.2, 0.25) is 0 Å². The minimum Gasteiger partial charge on any atom is -0.480 e. The Morgan fingerprint density at radius 1 is 1.39 bits per heavy atom. The Labute approximate surface area is 102 Å². The lowest BCUT2D eigenvalue weighted by molar-refractivity contribution is -0.141. The van der Waals surface area contributed by atoms with Crippen LogP contribution in [-0.2, 0) is 11.0 Å². The Morgan fingerprint density at radius 2 is 1.94 bits per heavy atom. The molecule has 0 amide bonds. The number of alkyl halides is 3. The van der Waals surface area contributed by atoms with Gasteiger partial charge in [-0.1, -0.05) is 0 Å². The second-order valence-corrected chi connectivity index (χ2v) is 3.98. The summed E-state index contributed by atoms with van der Waals surface area (Å²) in [5, 5.41) is 8.75. The maximum Gasteiger partial charge on any atom is 0.416 e. The van der Waals surface area contributed by atoms with Crippen LogP contribution in [0.5, 0.6) is 0 Å². The molecule has 0 spiro atoms. The smallest absolute Gasteiger partial charge is 0.416 e. The van der Waals surface area contributed by atoms with E-state index >= 15 is 0 Å². The van der Waals surface area contributed by atoms with Crippen LogP contribution in [-0.4, -0.2) is 25.2 Å². The zero-order valence-corrected chi connectivity index (χ0v) is 9.82. The van der Waals surface area contributed by atoms with Gasteiger partial charge in [0.05, 0.1) is 5.56 Å². The number of carboxylic acid groups (broad SMARTS) is 1. The number of nitrogens with zero attached hydrogens (tertiary/aromatic N) is 1. The second-order valence-electron chi connectivity index (χ2n) is 3.98. The van der Waals surface area contributed by atoms with E-state index in [0.717, 1.165) is 12.1 Å². The van der Waals surface area contributed by atoms with E-state index in [1.807, 2.05) is 0 Å². The molecule has 3 N–H and O–H groups in total. The summed E-state index contributed by atoms with van der Waals surface area (Å²) in [6.07, 6.45) is -4.63. The van der Waals surface area contributed by atoms with Crippen LogP contribution in [0.3, 0.4) is 0 Å². The summed E-state index contributed by atoms with van der Waals surface area (Å²) in [6.45, 7) is 0. The summed E-state index contributed by atoms with van der Waals surface area (Å²) >= 11 is 0. The van der Waals surface area contributed by atoms with E-state index < -0.39 is 29.3 Å². The summed E-state index contributed by atoms with van der Waals surface area (Å²) in [6, 6.07) is 1.54. The van der Waals surface area contributed by atoms with Gasteiger partial charge in [-0.05, 0) is 23.8 Å². The largest absolute Gasteiger partial charge is 0.480 e. The highest BCUT2D eigenvalue weighted by Crippen LogP contribution is 2.36. The molecule has 1 aromatic rings. The molecule has 1 atom stereocenters. The van der Waals surface area contributed by atoms with Gasteiger partial charge in [-0.25, -0.2) is 0 Å². The monoisotopic (exact) mass is 262 g/mol. The lowest BCUT2D eigenvalue weighted by Crippen LogP contribution is -2.25. The predicted octanol–water partition coefficient (Wildman–Crippen LogP) is 1.86. The minimum atomic E-state index is -4.63. The molecule has 0 heterocycles. The third-order valence-corrected chi connectivity index (χ3v) is 2.46. The number of hydrogen-bond donors (Lipinski definition) is 2. The maximum atomic E-state index is 12.7. The molecule has 0 aliphatic heterocycles. The van der Waals surface area contributed by atoms with Crippen molar-refractivity contribution in [3.05, 3.63) is 29.3 Å². The van der Waals surface area contributed by atoms with Crippen molar-refractivity contribution in [2.45, 2.75) is 12.2 Å². The van der Waals surface area contributed by atoms with Crippen molar-refractivity contribution in [2.75, 3.05) is 19.0 Å². The summed E-state index contributed by atoms with van der Waals surface area (Å²) in [4.78, 5) is 12.3. The normalized spacial score (nSPS) is 13.2. The molecule has 0 radical (unpaired) electrons. The van der Waals surface area contributed by atoms with Gasteiger partial charge in [0.15, 0.2) is 0 Å². The molecule has 0 saturated heterocycles. The highest BCUT2D eigenvalue weighted by Gasteiger charge is 2.36. The molecule has 100 valence electrons. The Kier molecular flexibility index (Phi) is 3.85. The summed E-state index contributed by atoms with van der Waals surface area (Å²) < 4.78 is 38.2. The van der Waals surface area contributed by atoms with Crippen molar-refractivity contribution in [3.63, 3.8) is 0 Å². The highest BCUT2D eigenvalue weighted by atomic mass is 19.4. The lowest BCUT2D eigenvalue weighted by atomic mass is 9.99. The number of aliphatic carboxylic acids is 1. The van der Waals surface area contributed by atoms with Crippen LogP contribution in [0.15, 0.2) is 18.2 Å². The van der Waals surface area contributed by atoms with E-state index in [0.29, 0.717) is 5.69 Å². The predicted molar refractivity (Wildman–Crippen MR) is 60.3 cm³/mol. The average molecular weight is 262 g/mol. The molecule has 1 unspecified atom stereocenters. The first-order valence-electron chi connectivity index (χ1n) is 5.01. The molecular weight excluding hydrogens is 249 g/mol. The van der Waals surface area contributed by atoms with Gasteiger partial charge in [0.25, 0.3) is 0 Å². The fourth-order valence-electron chi connectivity index (χ4n) is 1.48. The number of rotatable bonds is 3. The van der Waals surface area contributed by atoms with Crippen LogP contribution in [0.25, 0.3) is 0 Å². The quantitative estimate of drug-likeness (QED) is 0.872. The number of carbonyl (C=O) groups is 1. The summed E-state index contributed by atoms with van der Waals surface area (Å²) in [7, 11) is 3.28. The van der Waals surface area contributed by atoms with E-state index in [9.17, 15) is 18.0 Å². The first-order chi connectivity index (χ1) is 8.14. The third-order valence-electron chi connectivity index (χ3n) is 2.46. The van der Waals surface area contributed by atoms with E-state index in [-0.39, 0.29) is 0 Å². The molecule has 0 aliphatic rings. The van der Waals surface area contributed by atoms with E-state index in [1.54, 1.807) is 19.0 Å². The van der Waals surface area contributed by atoms with E-state index in [4.69, 9.17) is 10.8 Å². The number of halogens is 3. The molecule has 1 aromatic carbocycles. The number of carboxylic acids is 1. The Balaban J connectivity index is 3.40. The SMILES string of the molecule is CN(C)c1ccc(C(F)(F)F)c(C(N)C(=O)O)c1. The molecule has 0 fully saturated rings. The topological polar surface area (TPSA) is 66.6 Å². The summed E-state index contributed by atoms with van der Waals surface area (Å²) in [5.74, 6) is -1.50. The number of nitrogens with two attached hydrogens (primary N) is 1. The Morgan fingerprint density at radius 3 is 2.33 bits per heavy atom. The molecular formula is C11H13F3N2O2. The van der Waals surface area contributed by atoms with Crippen LogP contribution in [0, 0.1) is 0 Å². The summed E-state index contributed by atoms with van der Waals surface area (Å²) in [5.41, 5.74) is 4.27. The lowest BCUT2D eigenvalue weighted by Gasteiger charge is -2.19. The average Bonchev–Trinajstić information content (AvgIpc) is 2.25. The van der Waals surface area contributed by atoms with Gasteiger partial charge in [0.2, 0.25) is 0 Å². The molecule has 0 aliphatic carbocycles. The fraction of sp³-hybridized carbons (Fsp3) is 0.364. The van der Waals surface area contributed by atoms with E-state index in [2.05, 4.69) is 0 Å². The zero-order valence-electron chi connectivity index (χ0n) is 9.82. The van der Waals surface area contributed by atoms with Gasteiger partial charge in [0.1, 0.15) is 6.04 Å². The van der Waals surface area contributed by atoms with Gasteiger partial charge in [-0.2, -0.15) is 13.2 Å². The molecule has 1 rings (SSSR count). The van der Waals surface area contributed by atoms with Gasteiger partial charge >= 0.3 is 12.1 Å². The number of anilines is 1. The highest BCUT2D eigenvalue weighted by molar-refractivity contribution is 5.76. The Bertz CT molecular complexity index is 458. The van der Waals surface area contributed by atoms with Crippen molar-refractivity contribution >= 4 is 11.7 Å². The van der Waals surface area contributed by atoms with Gasteiger partial charge in [0, 0.05) is 19.8 Å². The number of benzene rings is 1. The van der Waals surface area contributed by atoms with Crippen molar-refractivity contribution in [3.8, 4) is 0 Å². The van der Waals surface area contributed by atoms with Crippen molar-refractivity contribution in [1.82, 2.24) is 0 Å². The molecule has 7 heteroatoms. The van der Waals surface area contributed by atoms with Crippen LogP contribution in [0.4, 0.5) is 18.9 Å². The maximum absolute atomic E-state index is 12.7. The zero-order chi connectivity index (χ0) is 14.1. The van der Waals surface area contributed by atoms with Crippen LogP contribution < -0.4 is 10.6 Å². The van der Waals surface area contributed by atoms with Crippen molar-refractivity contribution < 1.29 is 23.1 Å². The molecule has 0 aromatic heterocycles. The first kappa shape index (κ1) is 14.3. The van der Waals surface area contributed by atoms with Crippen molar-refractivity contribution in [1.29, 1.82) is 0 Å². The van der Waals surface area contributed by atoms with Gasteiger partial charge in [-0.3, -0.25) is 4.79 Å².